The molecule has 3 heteroatoms. The van der Waals surface area contributed by atoms with Crippen LogP contribution >= 0.6 is 0 Å². The summed E-state index contributed by atoms with van der Waals surface area (Å²) in [5.74, 6) is 2.31. The van der Waals surface area contributed by atoms with E-state index < -0.39 is 0 Å². The average Bonchev–Trinajstić information content (AvgIpc) is 3.06. The van der Waals surface area contributed by atoms with E-state index in [9.17, 15) is 0 Å². The Hall–Kier alpha value is -1.77. The number of aryl methyl sites for hydroxylation is 2. The van der Waals surface area contributed by atoms with Crippen LogP contribution in [0.25, 0.3) is 11.1 Å². The Kier molecular flexibility index (Phi) is 3.77. The van der Waals surface area contributed by atoms with E-state index in [4.69, 9.17) is 10.3 Å². The first-order valence-electron chi connectivity index (χ1n) is 7.55. The van der Waals surface area contributed by atoms with Gasteiger partial charge in [-0.2, -0.15) is 0 Å². The Labute approximate surface area is 120 Å². The van der Waals surface area contributed by atoms with Gasteiger partial charge in [0.25, 0.3) is 0 Å². The van der Waals surface area contributed by atoms with Gasteiger partial charge in [0, 0.05) is 6.42 Å². The minimum atomic E-state index is 0.511. The van der Waals surface area contributed by atoms with Crippen LogP contribution < -0.4 is 5.73 Å². The van der Waals surface area contributed by atoms with Gasteiger partial charge < -0.3 is 10.3 Å². The molecule has 0 bridgehead atoms. The summed E-state index contributed by atoms with van der Waals surface area (Å²) >= 11 is 0. The molecule has 0 amide bonds. The van der Waals surface area contributed by atoms with Crippen molar-refractivity contribution in [2.75, 3.05) is 5.73 Å². The predicted octanol–water partition coefficient (Wildman–Crippen LogP) is 4.36. The highest BCUT2D eigenvalue weighted by atomic mass is 16.5. The molecular formula is C17H22N2O. The second-order valence-corrected chi connectivity index (χ2v) is 5.92. The molecule has 1 aliphatic carbocycles. The van der Waals surface area contributed by atoms with Gasteiger partial charge in [-0.05, 0) is 24.8 Å². The number of benzene rings is 1. The van der Waals surface area contributed by atoms with Crippen LogP contribution in [0.15, 0.2) is 28.8 Å². The lowest BCUT2D eigenvalue weighted by atomic mass is 9.97. The second-order valence-electron chi connectivity index (χ2n) is 5.92. The van der Waals surface area contributed by atoms with Crippen LogP contribution in [0.2, 0.25) is 0 Å². The summed E-state index contributed by atoms with van der Waals surface area (Å²) in [5.41, 5.74) is 9.34. The molecule has 0 unspecified atom stereocenters. The lowest BCUT2D eigenvalue weighted by Gasteiger charge is -2.08. The second kappa shape index (κ2) is 5.70. The van der Waals surface area contributed by atoms with Crippen molar-refractivity contribution in [3.8, 4) is 11.1 Å². The van der Waals surface area contributed by atoms with Gasteiger partial charge in [-0.3, -0.25) is 0 Å². The van der Waals surface area contributed by atoms with Crippen LogP contribution in [-0.4, -0.2) is 5.16 Å². The van der Waals surface area contributed by atoms with Gasteiger partial charge in [0.15, 0.2) is 5.82 Å². The van der Waals surface area contributed by atoms with E-state index in [0.717, 1.165) is 29.2 Å². The maximum Gasteiger partial charge on any atom is 0.175 e. The fourth-order valence-corrected chi connectivity index (χ4v) is 3.25. The van der Waals surface area contributed by atoms with E-state index in [1.807, 2.05) is 0 Å². The van der Waals surface area contributed by atoms with Gasteiger partial charge in [-0.15, -0.1) is 0 Å². The highest BCUT2D eigenvalue weighted by molar-refractivity contribution is 5.75. The van der Waals surface area contributed by atoms with E-state index in [0.29, 0.717) is 5.82 Å². The van der Waals surface area contributed by atoms with Gasteiger partial charge in [0.2, 0.25) is 0 Å². The number of hydrogen-bond donors (Lipinski definition) is 1. The molecule has 1 saturated carbocycles. The number of nitrogen functional groups attached to an aromatic ring is 1. The zero-order valence-electron chi connectivity index (χ0n) is 12.1. The molecule has 0 spiro atoms. The molecular weight excluding hydrogens is 248 g/mol. The number of nitrogens with zero attached hydrogens (tertiary/aromatic N) is 1. The van der Waals surface area contributed by atoms with E-state index in [-0.39, 0.29) is 0 Å². The van der Waals surface area contributed by atoms with Crippen LogP contribution in [0.4, 0.5) is 5.82 Å². The number of hydrogen-bond acceptors (Lipinski definition) is 3. The summed E-state index contributed by atoms with van der Waals surface area (Å²) < 4.78 is 5.47. The largest absolute Gasteiger partial charge is 0.380 e. The first kappa shape index (κ1) is 13.2. The van der Waals surface area contributed by atoms with Crippen molar-refractivity contribution in [3.05, 3.63) is 35.6 Å². The summed E-state index contributed by atoms with van der Waals surface area (Å²) in [5, 5.41) is 3.97. The van der Waals surface area contributed by atoms with Gasteiger partial charge in [-0.25, -0.2) is 0 Å². The Bertz CT molecular complexity index is 582. The highest BCUT2D eigenvalue weighted by Crippen LogP contribution is 2.34. The van der Waals surface area contributed by atoms with Crippen LogP contribution in [-0.2, 0) is 6.42 Å². The van der Waals surface area contributed by atoms with Crippen molar-refractivity contribution in [1.82, 2.24) is 5.16 Å². The molecule has 1 aliphatic rings. The Morgan fingerprint density at radius 2 is 2.10 bits per heavy atom. The van der Waals surface area contributed by atoms with Crippen LogP contribution in [0.3, 0.4) is 0 Å². The van der Waals surface area contributed by atoms with Gasteiger partial charge >= 0.3 is 0 Å². The monoisotopic (exact) mass is 270 g/mol. The van der Waals surface area contributed by atoms with E-state index >= 15 is 0 Å². The molecule has 2 aromatic rings. The summed E-state index contributed by atoms with van der Waals surface area (Å²) in [6.07, 6.45) is 7.63. The smallest absolute Gasteiger partial charge is 0.175 e. The maximum atomic E-state index is 6.00. The zero-order chi connectivity index (χ0) is 13.9. The third-order valence-corrected chi connectivity index (χ3v) is 4.35. The molecule has 20 heavy (non-hydrogen) atoms. The molecule has 2 N–H and O–H groups in total. The molecule has 1 aromatic heterocycles. The minimum Gasteiger partial charge on any atom is -0.380 e. The molecule has 0 radical (unpaired) electrons. The summed E-state index contributed by atoms with van der Waals surface area (Å²) in [7, 11) is 0. The molecule has 0 aliphatic heterocycles. The highest BCUT2D eigenvalue weighted by Gasteiger charge is 2.19. The van der Waals surface area contributed by atoms with Gasteiger partial charge in [-0.1, -0.05) is 60.7 Å². The SMILES string of the molecule is Cc1cccc(-c2c(N)noc2CCC2CCCC2)c1. The third-order valence-electron chi connectivity index (χ3n) is 4.35. The maximum absolute atomic E-state index is 6.00. The molecule has 1 heterocycles. The van der Waals surface area contributed by atoms with E-state index in [1.165, 1.54) is 37.7 Å². The van der Waals surface area contributed by atoms with Crippen LogP contribution in [0.1, 0.15) is 43.4 Å². The lowest BCUT2D eigenvalue weighted by molar-refractivity contribution is 0.370. The van der Waals surface area contributed by atoms with E-state index in [2.05, 4.69) is 36.3 Å². The summed E-state index contributed by atoms with van der Waals surface area (Å²) in [6, 6.07) is 8.36. The fraction of sp³-hybridized carbons (Fsp3) is 0.471. The Morgan fingerprint density at radius 1 is 1.30 bits per heavy atom. The van der Waals surface area contributed by atoms with Crippen LogP contribution in [0, 0.1) is 12.8 Å². The first-order valence-corrected chi connectivity index (χ1v) is 7.55. The van der Waals surface area contributed by atoms with Crippen molar-refractivity contribution in [3.63, 3.8) is 0 Å². The average molecular weight is 270 g/mol. The first-order chi connectivity index (χ1) is 9.74. The molecule has 1 aromatic carbocycles. The number of nitrogens with two attached hydrogens (primary N) is 1. The van der Waals surface area contributed by atoms with Crippen LogP contribution in [0.5, 0.6) is 0 Å². The normalized spacial score (nSPS) is 15.8. The molecule has 106 valence electrons. The Balaban J connectivity index is 1.81. The molecule has 3 nitrogen and oxygen atoms in total. The lowest BCUT2D eigenvalue weighted by Crippen LogP contribution is -1.97. The molecule has 0 saturated heterocycles. The van der Waals surface area contributed by atoms with Gasteiger partial charge in [0.05, 0.1) is 5.56 Å². The number of rotatable bonds is 4. The Morgan fingerprint density at radius 3 is 2.85 bits per heavy atom. The predicted molar refractivity (Wildman–Crippen MR) is 81.4 cm³/mol. The van der Waals surface area contributed by atoms with Crippen molar-refractivity contribution in [1.29, 1.82) is 0 Å². The van der Waals surface area contributed by atoms with Gasteiger partial charge in [0.1, 0.15) is 5.76 Å². The zero-order valence-corrected chi connectivity index (χ0v) is 12.1. The van der Waals surface area contributed by atoms with Crippen molar-refractivity contribution in [2.24, 2.45) is 5.92 Å². The fourth-order valence-electron chi connectivity index (χ4n) is 3.25. The quantitative estimate of drug-likeness (QED) is 0.898. The van der Waals surface area contributed by atoms with Crippen molar-refractivity contribution >= 4 is 5.82 Å². The number of anilines is 1. The van der Waals surface area contributed by atoms with E-state index in [1.54, 1.807) is 0 Å². The molecule has 3 rings (SSSR count). The minimum absolute atomic E-state index is 0.511. The third kappa shape index (κ3) is 2.72. The summed E-state index contributed by atoms with van der Waals surface area (Å²) in [4.78, 5) is 0. The van der Waals surface area contributed by atoms with Crippen molar-refractivity contribution < 1.29 is 4.52 Å². The standard InChI is InChI=1S/C17H22N2O/c1-12-5-4-8-14(11-12)16-15(20-19-17(16)18)10-9-13-6-2-3-7-13/h4-5,8,11,13H,2-3,6-7,9-10H2,1H3,(H2,18,19). The molecule has 0 atom stereocenters. The topological polar surface area (TPSA) is 52.0 Å². The number of aromatic nitrogens is 1. The van der Waals surface area contributed by atoms with Crippen molar-refractivity contribution in [2.45, 2.75) is 45.4 Å². The summed E-state index contributed by atoms with van der Waals surface area (Å²) in [6.45, 7) is 2.09. The molecule has 1 fully saturated rings.